The smallest absolute Gasteiger partial charge is 0.255 e. The van der Waals surface area contributed by atoms with Gasteiger partial charge in [-0.1, -0.05) is 13.8 Å². The van der Waals surface area contributed by atoms with Crippen molar-refractivity contribution in [3.05, 3.63) is 60.6 Å². The summed E-state index contributed by atoms with van der Waals surface area (Å²) in [5, 5.41) is 7.43. The van der Waals surface area contributed by atoms with Crippen molar-refractivity contribution in [3.8, 4) is 40.2 Å². The second kappa shape index (κ2) is 9.98. The molecule has 0 saturated heterocycles. The van der Waals surface area contributed by atoms with Crippen LogP contribution in [0, 0.1) is 0 Å². The third kappa shape index (κ3) is 4.60. The molecule has 0 spiro atoms. The number of likely N-dealkylation sites (N-methyl/N-ethyl adjacent to an activating group) is 1. The van der Waals surface area contributed by atoms with Crippen LogP contribution in [-0.2, 0) is 0 Å². The fourth-order valence-corrected chi connectivity index (χ4v) is 3.95. The van der Waals surface area contributed by atoms with Gasteiger partial charge >= 0.3 is 0 Å². The third-order valence-electron chi connectivity index (χ3n) is 5.88. The van der Waals surface area contributed by atoms with Crippen LogP contribution >= 0.6 is 0 Å². The van der Waals surface area contributed by atoms with E-state index in [-0.39, 0.29) is 12.7 Å². The molecule has 1 aliphatic heterocycles. The lowest BCUT2D eigenvalue weighted by Crippen LogP contribution is -2.34. The van der Waals surface area contributed by atoms with Crippen LogP contribution in [0.5, 0.6) is 11.5 Å². The van der Waals surface area contributed by atoms with E-state index in [9.17, 15) is 4.79 Å². The first-order valence-electron chi connectivity index (χ1n) is 11.5. The van der Waals surface area contributed by atoms with Crippen molar-refractivity contribution in [2.24, 2.45) is 0 Å². The normalized spacial score (nSPS) is 12.3. The van der Waals surface area contributed by atoms with E-state index in [0.29, 0.717) is 46.7 Å². The second-order valence-electron chi connectivity index (χ2n) is 7.89. The third-order valence-corrected chi connectivity index (χ3v) is 5.88. The first kappa shape index (κ1) is 22.6. The molecule has 0 radical (unpaired) electrons. The number of carbonyl (C=O) groups excluding carboxylic acids is 1. The number of benzene rings is 1. The summed E-state index contributed by atoms with van der Waals surface area (Å²) < 4.78 is 18.1. The lowest BCUT2D eigenvalue weighted by molar-refractivity contribution is 0.0949. The number of carbonyl (C=O) groups is 1. The van der Waals surface area contributed by atoms with Crippen LogP contribution < -0.4 is 14.8 Å². The van der Waals surface area contributed by atoms with Crippen molar-refractivity contribution < 1.29 is 18.7 Å². The molecule has 0 saturated carbocycles. The highest BCUT2D eigenvalue weighted by Gasteiger charge is 2.23. The molecule has 1 N–H and O–H groups in total. The molecule has 0 unspecified atom stereocenters. The van der Waals surface area contributed by atoms with Crippen LogP contribution in [0.2, 0.25) is 0 Å². The molecule has 0 fully saturated rings. The van der Waals surface area contributed by atoms with Gasteiger partial charge in [-0.3, -0.25) is 4.79 Å². The van der Waals surface area contributed by atoms with Crippen LogP contribution in [0.4, 0.5) is 0 Å². The summed E-state index contributed by atoms with van der Waals surface area (Å²) >= 11 is 0. The number of ether oxygens (including phenoxy) is 2. The number of nitrogens with zero attached hydrogens (tertiary/aromatic N) is 5. The Balaban J connectivity index is 1.46. The van der Waals surface area contributed by atoms with Crippen molar-refractivity contribution in [3.63, 3.8) is 0 Å². The zero-order chi connectivity index (χ0) is 24.2. The van der Waals surface area contributed by atoms with Gasteiger partial charge in [0.1, 0.15) is 5.69 Å². The highest BCUT2D eigenvalue weighted by atomic mass is 16.7. The lowest BCUT2D eigenvalue weighted by Gasteiger charge is -2.17. The summed E-state index contributed by atoms with van der Waals surface area (Å²) in [6.45, 7) is 7.55. The Labute approximate surface area is 202 Å². The Morgan fingerprint density at radius 2 is 2.00 bits per heavy atom. The zero-order valence-corrected chi connectivity index (χ0v) is 19.6. The second-order valence-corrected chi connectivity index (χ2v) is 7.89. The zero-order valence-electron chi connectivity index (χ0n) is 19.6. The summed E-state index contributed by atoms with van der Waals surface area (Å²) in [7, 11) is 0. The Morgan fingerprint density at radius 1 is 1.14 bits per heavy atom. The largest absolute Gasteiger partial charge is 0.463 e. The van der Waals surface area contributed by atoms with Crippen molar-refractivity contribution >= 4 is 5.91 Å². The number of amides is 1. The molecule has 0 atom stereocenters. The van der Waals surface area contributed by atoms with Gasteiger partial charge in [0.25, 0.3) is 11.9 Å². The number of furan rings is 1. The summed E-state index contributed by atoms with van der Waals surface area (Å²) in [6, 6.07) is 11.0. The van der Waals surface area contributed by atoms with E-state index >= 15 is 0 Å². The molecule has 1 amide bonds. The number of fused-ring (bicyclic) bond motifs is 1. The van der Waals surface area contributed by atoms with Gasteiger partial charge in [0, 0.05) is 24.8 Å². The van der Waals surface area contributed by atoms with Gasteiger partial charge in [-0.25, -0.2) is 9.97 Å². The van der Waals surface area contributed by atoms with Gasteiger partial charge in [-0.2, -0.15) is 9.78 Å². The molecule has 35 heavy (non-hydrogen) atoms. The van der Waals surface area contributed by atoms with E-state index in [1.807, 2.05) is 18.2 Å². The van der Waals surface area contributed by atoms with Crippen LogP contribution in [0.3, 0.4) is 0 Å². The summed E-state index contributed by atoms with van der Waals surface area (Å²) in [6.07, 6.45) is 4.72. The highest BCUT2D eigenvalue weighted by molar-refractivity contribution is 5.99. The maximum Gasteiger partial charge on any atom is 0.255 e. The molecule has 5 rings (SSSR count). The Hall–Kier alpha value is -4.18. The maximum atomic E-state index is 13.1. The summed E-state index contributed by atoms with van der Waals surface area (Å²) in [5.74, 6) is 1.94. The number of hydrogen-bond donors (Lipinski definition) is 1. The standard InChI is InChI=1S/C25H26N6O4/c1-3-30(4-2)12-11-26-24(32)18-15-28-31(23(18)21-6-5-13-33-21)25-27-10-9-19(29-25)17-7-8-20-22(14-17)35-16-34-20/h5-10,13-15H,3-4,11-12,16H2,1-2H3,(H,26,32). The van der Waals surface area contributed by atoms with E-state index in [2.05, 4.69) is 34.1 Å². The number of hydrogen-bond acceptors (Lipinski definition) is 8. The van der Waals surface area contributed by atoms with Crippen molar-refractivity contribution in [1.82, 2.24) is 30.0 Å². The summed E-state index contributed by atoms with van der Waals surface area (Å²) in [5.41, 5.74) is 2.40. The molecular weight excluding hydrogens is 448 g/mol. The number of aromatic nitrogens is 4. The van der Waals surface area contributed by atoms with Crippen LogP contribution in [-0.4, -0.2) is 63.5 Å². The Bertz CT molecular complexity index is 1310. The average molecular weight is 475 g/mol. The Kier molecular flexibility index (Phi) is 6.44. The van der Waals surface area contributed by atoms with Crippen LogP contribution in [0.25, 0.3) is 28.7 Å². The van der Waals surface area contributed by atoms with Gasteiger partial charge in [-0.05, 0) is 49.5 Å². The molecule has 4 aromatic rings. The molecule has 0 aliphatic carbocycles. The SMILES string of the molecule is CCN(CC)CCNC(=O)c1cnn(-c2nccc(-c3ccc4c(c3)OCO4)n2)c1-c1ccco1. The molecule has 10 heteroatoms. The van der Waals surface area contributed by atoms with Gasteiger partial charge in [0.05, 0.1) is 23.7 Å². The van der Waals surface area contributed by atoms with Crippen LogP contribution in [0.15, 0.2) is 59.5 Å². The molecule has 1 aromatic carbocycles. The Morgan fingerprint density at radius 3 is 2.80 bits per heavy atom. The molecule has 0 bridgehead atoms. The van der Waals surface area contributed by atoms with Gasteiger partial charge in [-0.15, -0.1) is 0 Å². The topological polar surface area (TPSA) is 108 Å². The minimum Gasteiger partial charge on any atom is -0.463 e. The molecule has 3 aromatic heterocycles. The molecular formula is C25H26N6O4. The monoisotopic (exact) mass is 474 g/mol. The van der Waals surface area contributed by atoms with Gasteiger partial charge < -0.3 is 24.1 Å². The molecule has 4 heterocycles. The van der Waals surface area contributed by atoms with E-state index in [1.165, 1.54) is 10.9 Å². The molecule has 1 aliphatic rings. The first-order chi connectivity index (χ1) is 17.2. The average Bonchev–Trinajstić information content (AvgIpc) is 3.66. The van der Waals surface area contributed by atoms with Crippen molar-refractivity contribution in [2.45, 2.75) is 13.8 Å². The molecule has 10 nitrogen and oxygen atoms in total. The number of nitrogens with one attached hydrogen (secondary N) is 1. The lowest BCUT2D eigenvalue weighted by atomic mass is 10.1. The molecule has 180 valence electrons. The van der Waals surface area contributed by atoms with Crippen molar-refractivity contribution in [1.29, 1.82) is 0 Å². The minimum atomic E-state index is -0.235. The van der Waals surface area contributed by atoms with Crippen LogP contribution in [0.1, 0.15) is 24.2 Å². The minimum absolute atomic E-state index is 0.202. The predicted octanol–water partition coefficient (Wildman–Crippen LogP) is 3.39. The van der Waals surface area contributed by atoms with Gasteiger partial charge in [0.15, 0.2) is 17.3 Å². The van der Waals surface area contributed by atoms with E-state index in [4.69, 9.17) is 18.9 Å². The quantitative estimate of drug-likeness (QED) is 0.393. The summed E-state index contributed by atoms with van der Waals surface area (Å²) in [4.78, 5) is 24.4. The van der Waals surface area contributed by atoms with E-state index < -0.39 is 0 Å². The fraction of sp³-hybridized carbons (Fsp3) is 0.280. The predicted molar refractivity (Wildman–Crippen MR) is 129 cm³/mol. The van der Waals surface area contributed by atoms with Crippen molar-refractivity contribution in [2.75, 3.05) is 33.0 Å². The highest BCUT2D eigenvalue weighted by Crippen LogP contribution is 2.35. The van der Waals surface area contributed by atoms with E-state index in [1.54, 1.807) is 30.7 Å². The van der Waals surface area contributed by atoms with E-state index in [0.717, 1.165) is 25.2 Å². The number of rotatable bonds is 9. The van der Waals surface area contributed by atoms with Gasteiger partial charge in [0.2, 0.25) is 6.79 Å². The first-order valence-corrected chi connectivity index (χ1v) is 11.5. The maximum absolute atomic E-state index is 13.1. The fourth-order valence-electron chi connectivity index (χ4n) is 3.95.